The summed E-state index contributed by atoms with van der Waals surface area (Å²) in [4.78, 5) is 14.5. The molecule has 6 nitrogen and oxygen atoms in total. The maximum atomic E-state index is 13.6. The SMILES string of the molecule is O=C(c1cnn2c1N[C@@H](c1ccco1)C[C@@H]2C(F)(F)F)N1CCSCC1. The van der Waals surface area contributed by atoms with Gasteiger partial charge in [-0.25, -0.2) is 4.68 Å². The van der Waals surface area contributed by atoms with Gasteiger partial charge in [-0.05, 0) is 12.1 Å². The maximum absolute atomic E-state index is 13.6. The Morgan fingerprint density at radius 3 is 2.77 bits per heavy atom. The Hall–Kier alpha value is -2.10. The number of hydrogen-bond acceptors (Lipinski definition) is 5. The smallest absolute Gasteiger partial charge is 0.410 e. The molecule has 4 heterocycles. The molecule has 140 valence electrons. The summed E-state index contributed by atoms with van der Waals surface area (Å²) >= 11 is 1.75. The summed E-state index contributed by atoms with van der Waals surface area (Å²) in [5, 5.41) is 6.91. The molecular formula is C16H17F3N4O2S. The lowest BCUT2D eigenvalue weighted by Crippen LogP contribution is -2.39. The summed E-state index contributed by atoms with van der Waals surface area (Å²) in [5.41, 5.74) is 0.169. The average molecular weight is 386 g/mol. The third-order valence-electron chi connectivity index (χ3n) is 4.65. The molecule has 0 spiro atoms. The van der Waals surface area contributed by atoms with Gasteiger partial charge in [-0.15, -0.1) is 0 Å². The Morgan fingerprint density at radius 1 is 1.35 bits per heavy atom. The molecule has 26 heavy (non-hydrogen) atoms. The Labute approximate surface area is 151 Å². The molecule has 2 aromatic rings. The summed E-state index contributed by atoms with van der Waals surface area (Å²) in [5.74, 6) is 1.86. The number of amides is 1. The number of fused-ring (bicyclic) bond motifs is 1. The van der Waals surface area contributed by atoms with Crippen LogP contribution in [-0.2, 0) is 0 Å². The molecule has 2 atom stereocenters. The number of aromatic nitrogens is 2. The van der Waals surface area contributed by atoms with E-state index < -0.39 is 18.3 Å². The Morgan fingerprint density at radius 2 is 2.12 bits per heavy atom. The molecule has 0 saturated carbocycles. The molecule has 2 aromatic heterocycles. The first-order chi connectivity index (χ1) is 12.4. The van der Waals surface area contributed by atoms with Crippen molar-refractivity contribution in [3.63, 3.8) is 0 Å². The lowest BCUT2D eigenvalue weighted by atomic mass is 10.0. The number of hydrogen-bond donors (Lipinski definition) is 1. The number of nitrogens with one attached hydrogen (secondary N) is 1. The van der Waals surface area contributed by atoms with E-state index in [1.54, 1.807) is 28.8 Å². The molecule has 0 radical (unpaired) electrons. The second-order valence-corrected chi connectivity index (χ2v) is 7.49. The van der Waals surface area contributed by atoms with Crippen LogP contribution in [0.3, 0.4) is 0 Å². The van der Waals surface area contributed by atoms with Crippen LogP contribution in [-0.4, -0.2) is 51.4 Å². The van der Waals surface area contributed by atoms with Crippen LogP contribution in [0.2, 0.25) is 0 Å². The lowest BCUT2D eigenvalue weighted by molar-refractivity contribution is -0.174. The molecule has 2 aliphatic rings. The molecule has 1 amide bonds. The second-order valence-electron chi connectivity index (χ2n) is 6.26. The predicted octanol–water partition coefficient (Wildman–Crippen LogP) is 3.33. The summed E-state index contributed by atoms with van der Waals surface area (Å²) in [6.07, 6.45) is -2.08. The third-order valence-corrected chi connectivity index (χ3v) is 5.60. The number of anilines is 1. The topological polar surface area (TPSA) is 63.3 Å². The number of rotatable bonds is 2. The van der Waals surface area contributed by atoms with Gasteiger partial charge in [0.15, 0.2) is 6.04 Å². The number of furan rings is 1. The largest absolute Gasteiger partial charge is 0.467 e. The minimum absolute atomic E-state index is 0.100. The monoisotopic (exact) mass is 386 g/mol. The molecule has 4 rings (SSSR count). The molecule has 1 N–H and O–H groups in total. The quantitative estimate of drug-likeness (QED) is 0.858. The number of alkyl halides is 3. The fourth-order valence-corrected chi connectivity index (χ4v) is 4.23. The predicted molar refractivity (Wildman–Crippen MR) is 90.2 cm³/mol. The fraction of sp³-hybridized carbons (Fsp3) is 0.500. The van der Waals surface area contributed by atoms with Gasteiger partial charge in [-0.2, -0.15) is 30.0 Å². The van der Waals surface area contributed by atoms with Gasteiger partial charge in [0.25, 0.3) is 5.91 Å². The summed E-state index contributed by atoms with van der Waals surface area (Å²) in [6.45, 7) is 1.16. The van der Waals surface area contributed by atoms with E-state index in [-0.39, 0.29) is 23.7 Å². The fourth-order valence-electron chi connectivity index (χ4n) is 3.33. The van der Waals surface area contributed by atoms with Crippen LogP contribution in [0.1, 0.15) is 34.6 Å². The maximum Gasteiger partial charge on any atom is 0.410 e. The van der Waals surface area contributed by atoms with E-state index in [1.165, 1.54) is 12.5 Å². The minimum Gasteiger partial charge on any atom is -0.467 e. The van der Waals surface area contributed by atoms with E-state index in [1.807, 2.05) is 0 Å². The highest BCUT2D eigenvalue weighted by Gasteiger charge is 2.48. The highest BCUT2D eigenvalue weighted by Crippen LogP contribution is 2.44. The van der Waals surface area contributed by atoms with Crippen molar-refractivity contribution in [2.24, 2.45) is 0 Å². The van der Waals surface area contributed by atoms with Crippen molar-refractivity contribution in [3.05, 3.63) is 35.9 Å². The third kappa shape index (κ3) is 3.06. The van der Waals surface area contributed by atoms with Gasteiger partial charge in [0.05, 0.1) is 18.5 Å². The second kappa shape index (κ2) is 6.57. The van der Waals surface area contributed by atoms with Crippen molar-refractivity contribution >= 4 is 23.5 Å². The highest BCUT2D eigenvalue weighted by molar-refractivity contribution is 7.99. The minimum atomic E-state index is -4.48. The zero-order valence-corrected chi connectivity index (χ0v) is 14.5. The van der Waals surface area contributed by atoms with Crippen molar-refractivity contribution < 1.29 is 22.4 Å². The van der Waals surface area contributed by atoms with E-state index >= 15 is 0 Å². The first-order valence-electron chi connectivity index (χ1n) is 8.26. The van der Waals surface area contributed by atoms with Gasteiger partial charge in [0.2, 0.25) is 0 Å². The Kier molecular flexibility index (Phi) is 4.37. The lowest BCUT2D eigenvalue weighted by Gasteiger charge is -2.33. The number of carbonyl (C=O) groups is 1. The van der Waals surface area contributed by atoms with E-state index in [0.717, 1.165) is 16.2 Å². The van der Waals surface area contributed by atoms with Crippen LogP contribution in [0.15, 0.2) is 29.0 Å². The van der Waals surface area contributed by atoms with Crippen molar-refractivity contribution in [2.45, 2.75) is 24.7 Å². The summed E-state index contributed by atoms with van der Waals surface area (Å²) in [6, 6.07) is 0.764. The number of halogens is 3. The van der Waals surface area contributed by atoms with Crippen molar-refractivity contribution in [1.29, 1.82) is 0 Å². The summed E-state index contributed by atoms with van der Waals surface area (Å²) < 4.78 is 46.9. The van der Waals surface area contributed by atoms with E-state index in [4.69, 9.17) is 4.42 Å². The number of nitrogens with zero attached hydrogens (tertiary/aromatic N) is 3. The average Bonchev–Trinajstić information content (AvgIpc) is 3.30. The van der Waals surface area contributed by atoms with Gasteiger partial charge in [0, 0.05) is 31.0 Å². The summed E-state index contributed by atoms with van der Waals surface area (Å²) in [7, 11) is 0. The van der Waals surface area contributed by atoms with Crippen LogP contribution in [0, 0.1) is 0 Å². The van der Waals surface area contributed by atoms with Crippen LogP contribution >= 0.6 is 11.8 Å². The van der Waals surface area contributed by atoms with E-state index in [2.05, 4.69) is 10.4 Å². The first kappa shape index (κ1) is 17.3. The standard InChI is InChI=1S/C16H17F3N4O2S/c17-16(18,19)13-8-11(12-2-1-5-25-12)21-14-10(9-20-23(13)14)15(24)22-3-6-26-7-4-22/h1-2,5,9,11,13,21H,3-4,6-8H2/t11-,13-/m1/s1. The molecule has 2 aliphatic heterocycles. The van der Waals surface area contributed by atoms with E-state index in [0.29, 0.717) is 18.8 Å². The molecule has 0 aliphatic carbocycles. The molecular weight excluding hydrogens is 369 g/mol. The van der Waals surface area contributed by atoms with Crippen LogP contribution in [0.25, 0.3) is 0 Å². The van der Waals surface area contributed by atoms with Gasteiger partial charge in [-0.1, -0.05) is 0 Å². The molecule has 0 unspecified atom stereocenters. The first-order valence-corrected chi connectivity index (χ1v) is 9.42. The van der Waals surface area contributed by atoms with Crippen molar-refractivity contribution in [2.75, 3.05) is 29.9 Å². The van der Waals surface area contributed by atoms with Gasteiger partial charge in [0.1, 0.15) is 17.1 Å². The van der Waals surface area contributed by atoms with Crippen molar-refractivity contribution in [1.82, 2.24) is 14.7 Å². The number of thioether (sulfide) groups is 1. The van der Waals surface area contributed by atoms with Crippen LogP contribution in [0.5, 0.6) is 0 Å². The number of carbonyl (C=O) groups excluding carboxylic acids is 1. The highest BCUT2D eigenvalue weighted by atomic mass is 32.2. The zero-order valence-electron chi connectivity index (χ0n) is 13.7. The molecule has 0 aromatic carbocycles. The van der Waals surface area contributed by atoms with E-state index in [9.17, 15) is 18.0 Å². The van der Waals surface area contributed by atoms with Gasteiger partial charge < -0.3 is 14.6 Å². The van der Waals surface area contributed by atoms with Crippen molar-refractivity contribution in [3.8, 4) is 0 Å². The van der Waals surface area contributed by atoms with Crippen LogP contribution < -0.4 is 5.32 Å². The zero-order chi connectivity index (χ0) is 18.3. The van der Waals surface area contributed by atoms with Gasteiger partial charge >= 0.3 is 6.18 Å². The normalized spacial score (nSPS) is 23.4. The van der Waals surface area contributed by atoms with Crippen LogP contribution in [0.4, 0.5) is 19.0 Å². The molecule has 1 saturated heterocycles. The molecule has 0 bridgehead atoms. The Bertz CT molecular complexity index is 784. The molecule has 1 fully saturated rings. The molecule has 10 heteroatoms. The van der Waals surface area contributed by atoms with Gasteiger partial charge in [-0.3, -0.25) is 4.79 Å². The Balaban J connectivity index is 1.70.